The van der Waals surface area contributed by atoms with Crippen LogP contribution in [0.1, 0.15) is 32.6 Å². The average molecular weight is 188 g/mol. The van der Waals surface area contributed by atoms with E-state index in [1.54, 1.807) is 0 Å². The van der Waals surface area contributed by atoms with Gasteiger partial charge in [0, 0.05) is 9.83 Å². The Bertz CT molecular complexity index is 136. The maximum atomic E-state index is 2.36. The first-order chi connectivity index (χ1) is 5.36. The molecule has 0 nitrogen and oxygen atoms in total. The minimum Gasteiger partial charge on any atom is -0.148 e. The first kappa shape index (κ1) is 8.31. The van der Waals surface area contributed by atoms with E-state index in [-0.39, 0.29) is 0 Å². The Morgan fingerprint density at radius 3 is 2.91 bits per heavy atom. The number of fused-ring (bicyclic) bond motifs is 1. The van der Waals surface area contributed by atoms with Crippen molar-refractivity contribution < 1.29 is 0 Å². The zero-order valence-electron chi connectivity index (χ0n) is 7.08. The topological polar surface area (TPSA) is 0 Å². The van der Waals surface area contributed by atoms with E-state index in [1.807, 2.05) is 0 Å². The van der Waals surface area contributed by atoms with Gasteiger partial charge in [0.15, 0.2) is 0 Å². The molecule has 11 heavy (non-hydrogen) atoms. The number of rotatable bonds is 0. The molecule has 0 aromatic rings. The van der Waals surface area contributed by atoms with E-state index in [4.69, 9.17) is 0 Å². The van der Waals surface area contributed by atoms with Gasteiger partial charge in [0.2, 0.25) is 0 Å². The largest absolute Gasteiger partial charge is 0.148 e. The normalized spacial score (nSPS) is 45.0. The van der Waals surface area contributed by atoms with E-state index in [0.29, 0.717) is 0 Å². The molecule has 0 spiro atoms. The molecule has 0 bridgehead atoms. The molecule has 2 aliphatic rings. The van der Waals surface area contributed by atoms with Gasteiger partial charge in [-0.05, 0) is 31.4 Å². The Hall–Kier alpha value is 0.700. The van der Waals surface area contributed by atoms with Crippen LogP contribution in [0.2, 0.25) is 0 Å². The predicted molar refractivity (Wildman–Crippen MR) is 55.3 cm³/mol. The van der Waals surface area contributed by atoms with Crippen molar-refractivity contribution in [3.05, 3.63) is 0 Å². The molecular weight excluding hydrogens is 172 g/mol. The molecule has 1 aliphatic heterocycles. The minimum atomic E-state index is 0.870. The summed E-state index contributed by atoms with van der Waals surface area (Å²) >= 11 is 4.40. The molecule has 2 fully saturated rings. The smallest absolute Gasteiger partial charge is 0.0477 e. The van der Waals surface area contributed by atoms with Gasteiger partial charge in [0.25, 0.3) is 0 Å². The first-order valence-electron chi connectivity index (χ1n) is 4.63. The fourth-order valence-corrected chi connectivity index (χ4v) is 5.35. The zero-order valence-corrected chi connectivity index (χ0v) is 8.72. The standard InChI is InChI=1S/C9H16S2/c1-7-10-6-8-4-2-3-5-9(8)11-7/h7-9H,2-6H2,1H3/t7-,8-,9-/m1/s1. The van der Waals surface area contributed by atoms with Crippen LogP contribution >= 0.6 is 23.5 Å². The summed E-state index contributed by atoms with van der Waals surface area (Å²) in [6.45, 7) is 2.36. The van der Waals surface area contributed by atoms with Crippen LogP contribution < -0.4 is 0 Å². The van der Waals surface area contributed by atoms with Gasteiger partial charge in [-0.3, -0.25) is 0 Å². The van der Waals surface area contributed by atoms with Crippen molar-refractivity contribution in [3.63, 3.8) is 0 Å². The van der Waals surface area contributed by atoms with Crippen LogP contribution in [0.25, 0.3) is 0 Å². The number of hydrogen-bond donors (Lipinski definition) is 0. The molecule has 1 saturated heterocycles. The first-order valence-corrected chi connectivity index (χ1v) is 6.62. The predicted octanol–water partition coefficient (Wildman–Crippen LogP) is 3.37. The van der Waals surface area contributed by atoms with Gasteiger partial charge in [-0.25, -0.2) is 0 Å². The van der Waals surface area contributed by atoms with Crippen molar-refractivity contribution in [2.75, 3.05) is 5.75 Å². The molecule has 1 aliphatic carbocycles. The van der Waals surface area contributed by atoms with Crippen LogP contribution in [0.4, 0.5) is 0 Å². The van der Waals surface area contributed by atoms with E-state index in [9.17, 15) is 0 Å². The lowest BCUT2D eigenvalue weighted by molar-refractivity contribution is 0.401. The fourth-order valence-electron chi connectivity index (χ4n) is 2.09. The highest BCUT2D eigenvalue weighted by Crippen LogP contribution is 2.45. The van der Waals surface area contributed by atoms with Crippen LogP contribution in [0.15, 0.2) is 0 Å². The molecule has 2 rings (SSSR count). The van der Waals surface area contributed by atoms with Gasteiger partial charge < -0.3 is 0 Å². The number of thioether (sulfide) groups is 2. The summed E-state index contributed by atoms with van der Waals surface area (Å²) in [6.07, 6.45) is 6.00. The average Bonchev–Trinajstić information content (AvgIpc) is 2.04. The Kier molecular flexibility index (Phi) is 2.73. The molecule has 0 N–H and O–H groups in total. The van der Waals surface area contributed by atoms with Gasteiger partial charge in [-0.15, -0.1) is 23.5 Å². The van der Waals surface area contributed by atoms with Crippen molar-refractivity contribution in [2.45, 2.75) is 42.4 Å². The van der Waals surface area contributed by atoms with Crippen molar-refractivity contribution in [1.82, 2.24) is 0 Å². The van der Waals surface area contributed by atoms with Gasteiger partial charge in [0.05, 0.1) is 0 Å². The van der Waals surface area contributed by atoms with E-state index in [1.165, 1.54) is 31.4 Å². The maximum absolute atomic E-state index is 2.36. The molecule has 1 heterocycles. The third-order valence-electron chi connectivity index (χ3n) is 2.75. The van der Waals surface area contributed by atoms with Crippen molar-refractivity contribution in [2.24, 2.45) is 5.92 Å². The summed E-state index contributed by atoms with van der Waals surface area (Å²) in [5.41, 5.74) is 0. The Balaban J connectivity index is 1.93. The van der Waals surface area contributed by atoms with Gasteiger partial charge in [0.1, 0.15) is 0 Å². The van der Waals surface area contributed by atoms with Crippen LogP contribution in [0, 0.1) is 5.92 Å². The van der Waals surface area contributed by atoms with Crippen LogP contribution in [-0.4, -0.2) is 15.6 Å². The molecule has 3 atom stereocenters. The quantitative estimate of drug-likeness (QED) is 0.571. The van der Waals surface area contributed by atoms with E-state index < -0.39 is 0 Å². The third kappa shape index (κ3) is 1.89. The molecule has 0 radical (unpaired) electrons. The lowest BCUT2D eigenvalue weighted by Gasteiger charge is -2.37. The molecule has 0 amide bonds. The van der Waals surface area contributed by atoms with Crippen LogP contribution in [-0.2, 0) is 0 Å². The summed E-state index contributed by atoms with van der Waals surface area (Å²) in [4.78, 5) is 0. The van der Waals surface area contributed by atoms with Crippen molar-refractivity contribution >= 4 is 23.5 Å². The van der Waals surface area contributed by atoms with E-state index >= 15 is 0 Å². The molecule has 64 valence electrons. The molecule has 0 aromatic heterocycles. The lowest BCUT2D eigenvalue weighted by atomic mass is 9.90. The van der Waals surface area contributed by atoms with Gasteiger partial charge in [-0.2, -0.15) is 0 Å². The molecule has 0 aromatic carbocycles. The van der Waals surface area contributed by atoms with E-state index in [2.05, 4.69) is 30.4 Å². The summed E-state index contributed by atoms with van der Waals surface area (Å²) in [5, 5.41) is 1.03. The molecule has 0 unspecified atom stereocenters. The summed E-state index contributed by atoms with van der Waals surface area (Å²) in [7, 11) is 0. The summed E-state index contributed by atoms with van der Waals surface area (Å²) < 4.78 is 0.870. The number of hydrogen-bond acceptors (Lipinski definition) is 2. The maximum Gasteiger partial charge on any atom is 0.0477 e. The Morgan fingerprint density at radius 2 is 2.00 bits per heavy atom. The second kappa shape index (κ2) is 3.61. The fraction of sp³-hybridized carbons (Fsp3) is 1.00. The van der Waals surface area contributed by atoms with E-state index in [0.717, 1.165) is 15.7 Å². The second-order valence-corrected chi connectivity index (χ2v) is 6.88. The summed E-state index contributed by atoms with van der Waals surface area (Å²) in [5.74, 6) is 2.51. The zero-order chi connectivity index (χ0) is 7.68. The monoisotopic (exact) mass is 188 g/mol. The molecular formula is C9H16S2. The van der Waals surface area contributed by atoms with Gasteiger partial charge >= 0.3 is 0 Å². The molecule has 1 saturated carbocycles. The van der Waals surface area contributed by atoms with Crippen LogP contribution in [0.3, 0.4) is 0 Å². The Labute approximate surface area is 77.9 Å². The summed E-state index contributed by atoms with van der Waals surface area (Å²) in [6, 6.07) is 0. The van der Waals surface area contributed by atoms with Crippen molar-refractivity contribution in [3.8, 4) is 0 Å². The third-order valence-corrected chi connectivity index (χ3v) is 5.94. The molecule has 2 heteroatoms. The highest BCUT2D eigenvalue weighted by atomic mass is 32.2. The minimum absolute atomic E-state index is 0.870. The highest BCUT2D eigenvalue weighted by molar-refractivity contribution is 8.17. The SMILES string of the molecule is C[C@@H]1SC[C@H]2CCCC[C@H]2S1. The van der Waals surface area contributed by atoms with Gasteiger partial charge in [-0.1, -0.05) is 12.8 Å². The highest BCUT2D eigenvalue weighted by Gasteiger charge is 2.31. The van der Waals surface area contributed by atoms with Crippen molar-refractivity contribution in [1.29, 1.82) is 0 Å². The lowest BCUT2D eigenvalue weighted by Crippen LogP contribution is -2.29. The second-order valence-electron chi connectivity index (χ2n) is 3.62. The Morgan fingerprint density at radius 1 is 1.18 bits per heavy atom. The van der Waals surface area contributed by atoms with Crippen LogP contribution in [0.5, 0.6) is 0 Å².